The minimum Gasteiger partial charge on any atom is -0.271 e. The quantitative estimate of drug-likeness (QED) is 0.496. The fourth-order valence-corrected chi connectivity index (χ4v) is 2.78. The Morgan fingerprint density at radius 3 is 2.57 bits per heavy atom. The van der Waals surface area contributed by atoms with Crippen molar-refractivity contribution in [1.29, 1.82) is 0 Å². The molecule has 1 aromatic carbocycles. The van der Waals surface area contributed by atoms with Gasteiger partial charge in [-0.3, -0.25) is 11.3 Å². The summed E-state index contributed by atoms with van der Waals surface area (Å²) in [6.07, 6.45) is -3.48. The Bertz CT molecular complexity index is 581. The average Bonchev–Trinajstić information content (AvgIpc) is 2.93. The van der Waals surface area contributed by atoms with Crippen LogP contribution < -0.4 is 11.3 Å². The zero-order valence-corrected chi connectivity index (χ0v) is 11.8. The molecule has 114 valence electrons. The third-order valence-corrected chi connectivity index (χ3v) is 4.10. The van der Waals surface area contributed by atoms with Crippen LogP contribution >= 0.6 is 11.3 Å². The summed E-state index contributed by atoms with van der Waals surface area (Å²) in [5, 5.41) is 1.91. The number of alkyl halides is 3. The van der Waals surface area contributed by atoms with Gasteiger partial charge in [-0.05, 0) is 42.5 Å². The summed E-state index contributed by atoms with van der Waals surface area (Å²) in [7, 11) is 0. The summed E-state index contributed by atoms with van der Waals surface area (Å²) in [6, 6.07) is 5.50. The Morgan fingerprint density at radius 2 is 2.00 bits per heavy atom. The number of hydrogen-bond acceptors (Lipinski definition) is 3. The molecule has 0 saturated heterocycles. The van der Waals surface area contributed by atoms with Gasteiger partial charge in [-0.25, -0.2) is 4.39 Å². The molecule has 0 fully saturated rings. The van der Waals surface area contributed by atoms with E-state index in [0.717, 1.165) is 23.1 Å². The molecule has 0 saturated carbocycles. The number of hydrazine groups is 1. The maximum Gasteiger partial charge on any atom is 0.416 e. The molecule has 1 atom stereocenters. The molecule has 7 heteroatoms. The summed E-state index contributed by atoms with van der Waals surface area (Å²) in [6.45, 7) is 0. The summed E-state index contributed by atoms with van der Waals surface area (Å²) >= 11 is 1.54. The van der Waals surface area contributed by atoms with Crippen LogP contribution in [-0.2, 0) is 12.6 Å². The van der Waals surface area contributed by atoms with Crippen LogP contribution in [0.1, 0.15) is 28.5 Å². The van der Waals surface area contributed by atoms with Gasteiger partial charge in [-0.2, -0.15) is 13.2 Å². The van der Waals surface area contributed by atoms with Gasteiger partial charge in [0.05, 0.1) is 5.56 Å². The van der Waals surface area contributed by atoms with E-state index >= 15 is 0 Å². The van der Waals surface area contributed by atoms with Gasteiger partial charge in [0.1, 0.15) is 5.82 Å². The lowest BCUT2D eigenvalue weighted by molar-refractivity contribution is -0.137. The normalized spacial score (nSPS) is 13.4. The van der Waals surface area contributed by atoms with Crippen LogP contribution in [0, 0.1) is 5.82 Å². The summed E-state index contributed by atoms with van der Waals surface area (Å²) in [5.41, 5.74) is 1.45. The van der Waals surface area contributed by atoms with Gasteiger partial charge in [0.2, 0.25) is 0 Å². The highest BCUT2D eigenvalue weighted by atomic mass is 32.1. The average molecular weight is 318 g/mol. The highest BCUT2D eigenvalue weighted by Crippen LogP contribution is 2.32. The number of thiophene rings is 1. The second kappa shape index (κ2) is 6.55. The third-order valence-electron chi connectivity index (χ3n) is 3.16. The van der Waals surface area contributed by atoms with E-state index < -0.39 is 23.6 Å². The first-order chi connectivity index (χ1) is 9.91. The second-order valence-electron chi connectivity index (χ2n) is 4.57. The monoisotopic (exact) mass is 318 g/mol. The molecule has 0 aliphatic heterocycles. The maximum absolute atomic E-state index is 13.8. The largest absolute Gasteiger partial charge is 0.416 e. The number of aryl methyl sites for hydroxylation is 1. The molecule has 0 spiro atoms. The highest BCUT2D eigenvalue weighted by Gasteiger charge is 2.31. The number of nitrogens with one attached hydrogen (secondary N) is 1. The SMILES string of the molecule is NNC(CCc1cccs1)c1cc(C(F)(F)F)ccc1F. The Labute approximate surface area is 123 Å². The van der Waals surface area contributed by atoms with Gasteiger partial charge in [-0.15, -0.1) is 11.3 Å². The molecule has 21 heavy (non-hydrogen) atoms. The third kappa shape index (κ3) is 4.03. The molecule has 1 aromatic heterocycles. The molecule has 2 aromatic rings. The zero-order valence-electron chi connectivity index (χ0n) is 11.0. The van der Waals surface area contributed by atoms with Gasteiger partial charge in [0.25, 0.3) is 0 Å². The van der Waals surface area contributed by atoms with Gasteiger partial charge < -0.3 is 0 Å². The highest BCUT2D eigenvalue weighted by molar-refractivity contribution is 7.09. The van der Waals surface area contributed by atoms with Crippen molar-refractivity contribution >= 4 is 11.3 Å². The Morgan fingerprint density at radius 1 is 1.24 bits per heavy atom. The van der Waals surface area contributed by atoms with Gasteiger partial charge in [0.15, 0.2) is 0 Å². The van der Waals surface area contributed by atoms with Crippen molar-refractivity contribution in [3.05, 3.63) is 57.5 Å². The van der Waals surface area contributed by atoms with E-state index in [1.807, 2.05) is 17.5 Å². The lowest BCUT2D eigenvalue weighted by atomic mass is 9.99. The zero-order chi connectivity index (χ0) is 15.5. The van der Waals surface area contributed by atoms with Crippen molar-refractivity contribution in [1.82, 2.24) is 5.43 Å². The second-order valence-corrected chi connectivity index (χ2v) is 5.60. The predicted octanol–water partition coefficient (Wildman–Crippen LogP) is 4.04. The van der Waals surface area contributed by atoms with E-state index in [2.05, 4.69) is 5.43 Å². The number of halogens is 4. The molecule has 0 radical (unpaired) electrons. The van der Waals surface area contributed by atoms with E-state index in [-0.39, 0.29) is 5.56 Å². The first-order valence-corrected chi connectivity index (χ1v) is 7.15. The molecule has 0 amide bonds. The van der Waals surface area contributed by atoms with Crippen molar-refractivity contribution in [2.24, 2.45) is 5.84 Å². The Kier molecular flexibility index (Phi) is 4.97. The summed E-state index contributed by atoms with van der Waals surface area (Å²) in [4.78, 5) is 1.07. The van der Waals surface area contributed by atoms with Gasteiger partial charge >= 0.3 is 6.18 Å². The van der Waals surface area contributed by atoms with E-state index in [1.165, 1.54) is 11.3 Å². The van der Waals surface area contributed by atoms with Gasteiger partial charge in [0, 0.05) is 16.5 Å². The molecule has 0 aliphatic carbocycles. The van der Waals surface area contributed by atoms with Crippen LogP contribution in [0.4, 0.5) is 17.6 Å². The molecular weight excluding hydrogens is 304 g/mol. The van der Waals surface area contributed by atoms with Crippen LogP contribution in [0.3, 0.4) is 0 Å². The number of benzene rings is 1. The first-order valence-electron chi connectivity index (χ1n) is 6.27. The Balaban J connectivity index is 2.20. The molecule has 0 bridgehead atoms. The molecule has 1 heterocycles. The minimum atomic E-state index is -4.50. The van der Waals surface area contributed by atoms with E-state index in [0.29, 0.717) is 12.8 Å². The fourth-order valence-electron chi connectivity index (χ4n) is 2.06. The van der Waals surface area contributed by atoms with Crippen molar-refractivity contribution in [2.45, 2.75) is 25.1 Å². The summed E-state index contributed by atoms with van der Waals surface area (Å²) < 4.78 is 51.9. The van der Waals surface area contributed by atoms with E-state index in [4.69, 9.17) is 5.84 Å². The lowest BCUT2D eigenvalue weighted by Crippen LogP contribution is -2.29. The summed E-state index contributed by atoms with van der Waals surface area (Å²) in [5.74, 6) is 4.68. The van der Waals surface area contributed by atoms with Crippen LogP contribution in [-0.4, -0.2) is 0 Å². The minimum absolute atomic E-state index is 0.0659. The maximum atomic E-state index is 13.8. The topological polar surface area (TPSA) is 38.0 Å². The molecule has 1 unspecified atom stereocenters. The molecule has 2 nitrogen and oxygen atoms in total. The van der Waals surface area contributed by atoms with E-state index in [1.54, 1.807) is 0 Å². The fraction of sp³-hybridized carbons (Fsp3) is 0.286. The Hall–Kier alpha value is -1.44. The first kappa shape index (κ1) is 15.9. The van der Waals surface area contributed by atoms with Gasteiger partial charge in [-0.1, -0.05) is 6.07 Å². The molecule has 0 aliphatic rings. The van der Waals surface area contributed by atoms with Crippen molar-refractivity contribution in [3.63, 3.8) is 0 Å². The van der Waals surface area contributed by atoms with Crippen LogP contribution in [0.2, 0.25) is 0 Å². The van der Waals surface area contributed by atoms with Crippen molar-refractivity contribution in [2.75, 3.05) is 0 Å². The number of hydrogen-bond donors (Lipinski definition) is 2. The number of nitrogens with two attached hydrogens (primary N) is 1. The van der Waals surface area contributed by atoms with Crippen LogP contribution in [0.5, 0.6) is 0 Å². The lowest BCUT2D eigenvalue weighted by Gasteiger charge is -2.18. The smallest absolute Gasteiger partial charge is 0.271 e. The molecule has 2 rings (SSSR count). The van der Waals surface area contributed by atoms with E-state index in [9.17, 15) is 17.6 Å². The van der Waals surface area contributed by atoms with Crippen molar-refractivity contribution in [3.8, 4) is 0 Å². The van der Waals surface area contributed by atoms with Crippen molar-refractivity contribution < 1.29 is 17.6 Å². The standard InChI is InChI=1S/C14H14F4N2S/c15-12-5-3-9(14(16,17)18)8-11(12)13(20-19)6-4-10-2-1-7-21-10/h1-3,5,7-8,13,20H,4,6,19H2. The number of rotatable bonds is 5. The van der Waals surface area contributed by atoms with Crippen LogP contribution in [0.25, 0.3) is 0 Å². The predicted molar refractivity (Wildman–Crippen MR) is 74.1 cm³/mol. The van der Waals surface area contributed by atoms with Crippen LogP contribution in [0.15, 0.2) is 35.7 Å². The molecule has 3 N–H and O–H groups in total. The molecular formula is C14H14F4N2S.